The summed E-state index contributed by atoms with van der Waals surface area (Å²) in [4.78, 5) is 0.922. The van der Waals surface area contributed by atoms with E-state index in [1.54, 1.807) is 11.3 Å². The molecular weight excluding hydrogens is 270 g/mol. The second-order valence-electron chi connectivity index (χ2n) is 5.49. The number of nitrogens with one attached hydrogen (secondary N) is 1. The molecule has 2 aliphatic rings. The van der Waals surface area contributed by atoms with Gasteiger partial charge in [0, 0.05) is 18.2 Å². The Balaban J connectivity index is 1.61. The minimum Gasteiger partial charge on any atom is -0.384 e. The van der Waals surface area contributed by atoms with Gasteiger partial charge in [-0.3, -0.25) is 0 Å². The van der Waals surface area contributed by atoms with Crippen LogP contribution in [0.4, 0.5) is 5.69 Å². The van der Waals surface area contributed by atoms with Gasteiger partial charge in [-0.15, -0.1) is 10.2 Å². The lowest BCUT2D eigenvalue weighted by Gasteiger charge is -2.04. The molecule has 1 aliphatic heterocycles. The third kappa shape index (κ3) is 1.45. The topological polar surface area (TPSA) is 55.1 Å². The molecule has 0 spiro atoms. The Morgan fingerprint density at radius 1 is 1.20 bits per heavy atom. The zero-order valence-corrected chi connectivity index (χ0v) is 11.6. The number of nitrogens with zero attached hydrogens (tertiary/aromatic N) is 4. The summed E-state index contributed by atoms with van der Waals surface area (Å²) < 4.78 is 1.96. The van der Waals surface area contributed by atoms with Crippen molar-refractivity contribution in [2.45, 2.75) is 24.7 Å². The Kier molecular flexibility index (Phi) is 2.04. The minimum atomic E-state index is 0.338. The van der Waals surface area contributed by atoms with Gasteiger partial charge in [0.2, 0.25) is 4.96 Å². The molecular formula is C14H13N5S. The van der Waals surface area contributed by atoms with E-state index in [9.17, 15) is 0 Å². The number of rotatable bonds is 2. The van der Waals surface area contributed by atoms with Crippen LogP contribution in [0.2, 0.25) is 0 Å². The van der Waals surface area contributed by atoms with Crippen LogP contribution in [0, 0.1) is 0 Å². The van der Waals surface area contributed by atoms with Crippen molar-refractivity contribution in [3.05, 3.63) is 40.7 Å². The first-order chi connectivity index (χ1) is 9.90. The first kappa shape index (κ1) is 10.8. The van der Waals surface area contributed by atoms with Crippen LogP contribution in [0.1, 0.15) is 41.1 Å². The van der Waals surface area contributed by atoms with Gasteiger partial charge in [-0.1, -0.05) is 29.5 Å². The predicted octanol–water partition coefficient (Wildman–Crippen LogP) is 2.62. The molecule has 5 rings (SSSR count). The van der Waals surface area contributed by atoms with Crippen molar-refractivity contribution in [2.24, 2.45) is 0 Å². The van der Waals surface area contributed by atoms with Gasteiger partial charge in [-0.05, 0) is 24.5 Å². The van der Waals surface area contributed by atoms with E-state index in [1.807, 2.05) is 4.52 Å². The van der Waals surface area contributed by atoms with Crippen LogP contribution < -0.4 is 5.32 Å². The fourth-order valence-corrected chi connectivity index (χ4v) is 3.85. The van der Waals surface area contributed by atoms with Gasteiger partial charge < -0.3 is 5.32 Å². The third-order valence-corrected chi connectivity index (χ3v) is 5.12. The summed E-state index contributed by atoms with van der Waals surface area (Å²) >= 11 is 1.66. The molecule has 100 valence electrons. The minimum absolute atomic E-state index is 0.338. The molecule has 20 heavy (non-hydrogen) atoms. The van der Waals surface area contributed by atoms with Crippen LogP contribution in [0.15, 0.2) is 24.3 Å². The van der Waals surface area contributed by atoms with Gasteiger partial charge in [0.15, 0.2) is 5.82 Å². The highest BCUT2D eigenvalue weighted by atomic mass is 32.1. The standard InChI is InChI=1S/C14H13N5S/c1-2-4-11-9(3-1)10(7-15-11)13-18-19-12(8-5-6-8)16-17-14(19)20-13/h1-4,8,10,15H,5-7H2. The molecule has 1 saturated carbocycles. The van der Waals surface area contributed by atoms with Gasteiger partial charge >= 0.3 is 0 Å². The molecule has 1 unspecified atom stereocenters. The number of fused-ring (bicyclic) bond motifs is 2. The van der Waals surface area contributed by atoms with E-state index < -0.39 is 0 Å². The predicted molar refractivity (Wildman–Crippen MR) is 77.4 cm³/mol. The van der Waals surface area contributed by atoms with Crippen molar-refractivity contribution < 1.29 is 0 Å². The Bertz CT molecular complexity index is 801. The van der Waals surface area contributed by atoms with Crippen molar-refractivity contribution in [3.63, 3.8) is 0 Å². The molecule has 3 heterocycles. The van der Waals surface area contributed by atoms with Crippen molar-refractivity contribution >= 4 is 22.0 Å². The smallest absolute Gasteiger partial charge is 0.234 e. The maximum Gasteiger partial charge on any atom is 0.234 e. The summed E-state index contributed by atoms with van der Waals surface area (Å²) in [6.45, 7) is 0.919. The average molecular weight is 283 g/mol. The molecule has 5 nitrogen and oxygen atoms in total. The number of hydrogen-bond acceptors (Lipinski definition) is 5. The van der Waals surface area contributed by atoms with Crippen LogP contribution in [-0.4, -0.2) is 26.4 Å². The van der Waals surface area contributed by atoms with Crippen molar-refractivity contribution in [1.82, 2.24) is 19.8 Å². The molecule has 1 aliphatic carbocycles. The Labute approximate surface area is 119 Å². The van der Waals surface area contributed by atoms with Gasteiger partial charge in [0.05, 0.1) is 5.92 Å². The molecule has 0 radical (unpaired) electrons. The SMILES string of the molecule is c1ccc2c(c1)NCC2c1nn2c(C3CC3)nnc2s1. The van der Waals surface area contributed by atoms with E-state index in [4.69, 9.17) is 5.10 Å². The zero-order valence-electron chi connectivity index (χ0n) is 10.8. The van der Waals surface area contributed by atoms with Crippen LogP contribution >= 0.6 is 11.3 Å². The van der Waals surface area contributed by atoms with E-state index in [-0.39, 0.29) is 0 Å². The molecule has 1 atom stereocenters. The summed E-state index contributed by atoms with van der Waals surface area (Å²) in [5.74, 6) is 1.96. The van der Waals surface area contributed by atoms with E-state index >= 15 is 0 Å². The van der Waals surface area contributed by atoms with E-state index in [0.717, 1.165) is 22.3 Å². The summed E-state index contributed by atoms with van der Waals surface area (Å²) in [5, 5.41) is 17.9. The van der Waals surface area contributed by atoms with Crippen molar-refractivity contribution in [1.29, 1.82) is 0 Å². The Hall–Kier alpha value is -1.95. The van der Waals surface area contributed by atoms with Crippen molar-refractivity contribution in [2.75, 3.05) is 11.9 Å². The summed E-state index contributed by atoms with van der Waals surface area (Å²) in [7, 11) is 0. The molecule has 1 N–H and O–H groups in total. The first-order valence-corrected chi connectivity index (χ1v) is 7.76. The number of para-hydroxylation sites is 1. The highest BCUT2D eigenvalue weighted by molar-refractivity contribution is 7.16. The Morgan fingerprint density at radius 3 is 3.00 bits per heavy atom. The largest absolute Gasteiger partial charge is 0.384 e. The van der Waals surface area contributed by atoms with Gasteiger partial charge in [-0.2, -0.15) is 9.61 Å². The number of anilines is 1. The van der Waals surface area contributed by atoms with Crippen LogP contribution in [0.25, 0.3) is 4.96 Å². The van der Waals surface area contributed by atoms with E-state index in [2.05, 4.69) is 39.8 Å². The van der Waals surface area contributed by atoms with Crippen LogP contribution in [-0.2, 0) is 0 Å². The lowest BCUT2D eigenvalue weighted by Crippen LogP contribution is -2.04. The van der Waals surface area contributed by atoms with Crippen LogP contribution in [0.3, 0.4) is 0 Å². The molecule has 2 aromatic heterocycles. The number of benzene rings is 1. The normalized spacial score (nSPS) is 21.1. The highest BCUT2D eigenvalue weighted by Crippen LogP contribution is 2.41. The molecule has 3 aromatic rings. The second-order valence-corrected chi connectivity index (χ2v) is 6.48. The molecule has 6 heteroatoms. The fourth-order valence-electron chi connectivity index (χ4n) is 2.89. The van der Waals surface area contributed by atoms with Gasteiger partial charge in [-0.25, -0.2) is 0 Å². The second kappa shape index (κ2) is 3.79. The maximum atomic E-state index is 4.78. The Morgan fingerprint density at radius 2 is 2.10 bits per heavy atom. The van der Waals surface area contributed by atoms with Gasteiger partial charge in [0.25, 0.3) is 0 Å². The lowest BCUT2D eigenvalue weighted by molar-refractivity contribution is 0.778. The molecule has 0 amide bonds. The van der Waals surface area contributed by atoms with E-state index in [1.165, 1.54) is 24.1 Å². The fraction of sp³-hybridized carbons (Fsp3) is 0.357. The van der Waals surface area contributed by atoms with Crippen LogP contribution in [0.5, 0.6) is 0 Å². The summed E-state index contributed by atoms with van der Waals surface area (Å²) in [6, 6.07) is 8.47. The molecule has 1 aromatic carbocycles. The first-order valence-electron chi connectivity index (χ1n) is 6.95. The molecule has 1 fully saturated rings. The summed E-state index contributed by atoms with van der Waals surface area (Å²) in [6.07, 6.45) is 2.45. The molecule has 0 saturated heterocycles. The van der Waals surface area contributed by atoms with Crippen molar-refractivity contribution in [3.8, 4) is 0 Å². The summed E-state index contributed by atoms with van der Waals surface area (Å²) in [5.41, 5.74) is 2.57. The third-order valence-electron chi connectivity index (χ3n) is 4.10. The number of hydrogen-bond donors (Lipinski definition) is 1. The average Bonchev–Trinajstić information content (AvgIpc) is 2.93. The van der Waals surface area contributed by atoms with E-state index in [0.29, 0.717) is 11.8 Å². The number of aromatic nitrogens is 4. The highest BCUT2D eigenvalue weighted by Gasteiger charge is 2.32. The quantitative estimate of drug-likeness (QED) is 0.785. The zero-order chi connectivity index (χ0) is 13.1. The van der Waals surface area contributed by atoms with Gasteiger partial charge in [0.1, 0.15) is 5.01 Å². The molecule has 0 bridgehead atoms. The lowest BCUT2D eigenvalue weighted by atomic mass is 10.0. The maximum absolute atomic E-state index is 4.78. The monoisotopic (exact) mass is 283 g/mol.